The zero-order valence-electron chi connectivity index (χ0n) is 12.1. The molecule has 0 aromatic heterocycles. The van der Waals surface area contributed by atoms with Gasteiger partial charge >= 0.3 is 0 Å². The molecule has 0 bridgehead atoms. The standard InChI is InChI=1S/C15H22N2O3/c1-14(2)7-9-15(18,10-8-14)11-16-12-5-3-4-6-13(12)17(19)20/h3-6,16,18H,7-11H2,1-2H3. The van der Waals surface area contributed by atoms with Crippen LogP contribution in [-0.4, -0.2) is 22.2 Å². The summed E-state index contributed by atoms with van der Waals surface area (Å²) in [4.78, 5) is 10.5. The summed E-state index contributed by atoms with van der Waals surface area (Å²) < 4.78 is 0. The summed E-state index contributed by atoms with van der Waals surface area (Å²) >= 11 is 0. The third-order valence-corrected chi connectivity index (χ3v) is 4.24. The molecule has 5 nitrogen and oxygen atoms in total. The molecule has 0 heterocycles. The molecule has 1 saturated carbocycles. The van der Waals surface area contributed by atoms with E-state index in [4.69, 9.17) is 0 Å². The van der Waals surface area contributed by atoms with E-state index in [0.717, 1.165) is 25.7 Å². The van der Waals surface area contributed by atoms with Crippen LogP contribution in [0.5, 0.6) is 0 Å². The lowest BCUT2D eigenvalue weighted by Crippen LogP contribution is -2.42. The molecule has 0 atom stereocenters. The van der Waals surface area contributed by atoms with Gasteiger partial charge < -0.3 is 10.4 Å². The van der Waals surface area contributed by atoms with Gasteiger partial charge in [-0.25, -0.2) is 0 Å². The van der Waals surface area contributed by atoms with Crippen LogP contribution in [-0.2, 0) is 0 Å². The SMILES string of the molecule is CC1(C)CCC(O)(CNc2ccccc2[N+](=O)[O-])CC1. The van der Waals surface area contributed by atoms with Crippen LogP contribution in [0.3, 0.4) is 0 Å². The van der Waals surface area contributed by atoms with Crippen molar-refractivity contribution < 1.29 is 10.0 Å². The van der Waals surface area contributed by atoms with Crippen molar-refractivity contribution in [2.45, 2.75) is 45.1 Å². The van der Waals surface area contributed by atoms with Gasteiger partial charge in [-0.15, -0.1) is 0 Å². The summed E-state index contributed by atoms with van der Waals surface area (Å²) in [5, 5.41) is 24.5. The third-order valence-electron chi connectivity index (χ3n) is 4.24. The van der Waals surface area contributed by atoms with Crippen LogP contribution >= 0.6 is 0 Å². The first-order chi connectivity index (χ1) is 9.31. The van der Waals surface area contributed by atoms with Gasteiger partial charge in [0.05, 0.1) is 10.5 Å². The van der Waals surface area contributed by atoms with E-state index in [1.807, 2.05) is 0 Å². The van der Waals surface area contributed by atoms with Gasteiger partial charge in [-0.3, -0.25) is 10.1 Å². The number of nitro groups is 1. The van der Waals surface area contributed by atoms with Gasteiger partial charge in [0.1, 0.15) is 5.69 Å². The predicted molar refractivity (Wildman–Crippen MR) is 78.8 cm³/mol. The fourth-order valence-electron chi connectivity index (χ4n) is 2.61. The molecule has 1 aliphatic rings. The minimum atomic E-state index is -0.765. The fourth-order valence-corrected chi connectivity index (χ4v) is 2.61. The second-order valence-corrected chi connectivity index (χ2v) is 6.52. The molecule has 0 amide bonds. The summed E-state index contributed by atoms with van der Waals surface area (Å²) in [6.07, 6.45) is 3.41. The minimum absolute atomic E-state index is 0.0484. The van der Waals surface area contributed by atoms with Crippen LogP contribution in [0.1, 0.15) is 39.5 Å². The summed E-state index contributed by atoms with van der Waals surface area (Å²) in [5.74, 6) is 0. The van der Waals surface area contributed by atoms with Crippen LogP contribution in [0.25, 0.3) is 0 Å². The van der Waals surface area contributed by atoms with Crippen LogP contribution in [0, 0.1) is 15.5 Å². The number of aliphatic hydroxyl groups is 1. The van der Waals surface area contributed by atoms with Gasteiger partial charge in [0, 0.05) is 12.6 Å². The number of benzene rings is 1. The van der Waals surface area contributed by atoms with Crippen molar-refractivity contribution in [1.29, 1.82) is 0 Å². The lowest BCUT2D eigenvalue weighted by molar-refractivity contribution is -0.384. The van der Waals surface area contributed by atoms with E-state index in [0.29, 0.717) is 12.2 Å². The molecule has 1 aliphatic carbocycles. The maximum absolute atomic E-state index is 10.9. The molecule has 0 radical (unpaired) electrons. The minimum Gasteiger partial charge on any atom is -0.388 e. The van der Waals surface area contributed by atoms with E-state index >= 15 is 0 Å². The molecule has 0 unspecified atom stereocenters. The van der Waals surface area contributed by atoms with Gasteiger partial charge in [-0.05, 0) is 37.2 Å². The number of anilines is 1. The molecule has 0 spiro atoms. The van der Waals surface area contributed by atoms with E-state index in [1.54, 1.807) is 18.2 Å². The molecular formula is C15H22N2O3. The van der Waals surface area contributed by atoms with Crippen LogP contribution in [0.15, 0.2) is 24.3 Å². The average Bonchev–Trinajstić information content (AvgIpc) is 2.41. The Bertz CT molecular complexity index is 490. The first-order valence-corrected chi connectivity index (χ1v) is 7.01. The van der Waals surface area contributed by atoms with Gasteiger partial charge in [0.25, 0.3) is 5.69 Å². The van der Waals surface area contributed by atoms with Crippen molar-refractivity contribution in [2.75, 3.05) is 11.9 Å². The van der Waals surface area contributed by atoms with E-state index < -0.39 is 10.5 Å². The van der Waals surface area contributed by atoms with Crippen molar-refractivity contribution >= 4 is 11.4 Å². The zero-order chi connectivity index (χ0) is 14.8. The predicted octanol–water partition coefficient (Wildman–Crippen LogP) is 3.34. The Labute approximate surface area is 119 Å². The fraction of sp³-hybridized carbons (Fsp3) is 0.600. The van der Waals surface area contributed by atoms with E-state index in [9.17, 15) is 15.2 Å². The molecule has 20 heavy (non-hydrogen) atoms. The Balaban J connectivity index is 2.01. The summed E-state index contributed by atoms with van der Waals surface area (Å²) in [7, 11) is 0. The molecular weight excluding hydrogens is 256 g/mol. The van der Waals surface area contributed by atoms with Crippen molar-refractivity contribution in [3.8, 4) is 0 Å². The molecule has 0 saturated heterocycles. The Kier molecular flexibility index (Phi) is 3.99. The van der Waals surface area contributed by atoms with Gasteiger partial charge in [0.15, 0.2) is 0 Å². The molecule has 2 rings (SSSR count). The molecule has 1 aromatic carbocycles. The highest BCUT2D eigenvalue weighted by molar-refractivity contribution is 5.61. The summed E-state index contributed by atoms with van der Waals surface area (Å²) in [6, 6.07) is 6.54. The van der Waals surface area contributed by atoms with Gasteiger partial charge in [0.2, 0.25) is 0 Å². The zero-order valence-corrected chi connectivity index (χ0v) is 12.1. The second kappa shape index (κ2) is 5.40. The highest BCUT2D eigenvalue weighted by atomic mass is 16.6. The highest BCUT2D eigenvalue weighted by Gasteiger charge is 2.36. The van der Waals surface area contributed by atoms with Crippen molar-refractivity contribution in [3.63, 3.8) is 0 Å². The lowest BCUT2D eigenvalue weighted by Gasteiger charge is -2.40. The maximum atomic E-state index is 10.9. The van der Waals surface area contributed by atoms with Crippen LogP contribution in [0.4, 0.5) is 11.4 Å². The first-order valence-electron chi connectivity index (χ1n) is 7.01. The van der Waals surface area contributed by atoms with Crippen molar-refractivity contribution in [3.05, 3.63) is 34.4 Å². The number of nitrogens with one attached hydrogen (secondary N) is 1. The van der Waals surface area contributed by atoms with E-state index in [-0.39, 0.29) is 11.1 Å². The number of nitrogens with zero attached hydrogens (tertiary/aromatic N) is 1. The maximum Gasteiger partial charge on any atom is 0.292 e. The summed E-state index contributed by atoms with van der Waals surface area (Å²) in [6.45, 7) is 4.78. The van der Waals surface area contributed by atoms with E-state index in [1.165, 1.54) is 6.07 Å². The van der Waals surface area contributed by atoms with Crippen LogP contribution in [0.2, 0.25) is 0 Å². The smallest absolute Gasteiger partial charge is 0.292 e. The van der Waals surface area contributed by atoms with E-state index in [2.05, 4.69) is 19.2 Å². The number of hydrogen-bond acceptors (Lipinski definition) is 4. The van der Waals surface area contributed by atoms with Gasteiger partial charge in [-0.2, -0.15) is 0 Å². The lowest BCUT2D eigenvalue weighted by atomic mass is 9.71. The molecule has 110 valence electrons. The number of rotatable bonds is 4. The van der Waals surface area contributed by atoms with Crippen molar-refractivity contribution in [1.82, 2.24) is 0 Å². The quantitative estimate of drug-likeness (QED) is 0.654. The highest BCUT2D eigenvalue weighted by Crippen LogP contribution is 2.40. The second-order valence-electron chi connectivity index (χ2n) is 6.52. The number of nitro benzene ring substituents is 1. The average molecular weight is 278 g/mol. The first kappa shape index (κ1) is 14.8. The Hall–Kier alpha value is -1.62. The molecule has 2 N–H and O–H groups in total. The van der Waals surface area contributed by atoms with Gasteiger partial charge in [-0.1, -0.05) is 26.0 Å². The summed E-state index contributed by atoms with van der Waals surface area (Å²) in [5.41, 5.74) is 0.0347. The molecule has 1 aromatic rings. The molecule has 0 aliphatic heterocycles. The Morgan fingerprint density at radius 3 is 2.45 bits per heavy atom. The Morgan fingerprint density at radius 1 is 1.25 bits per heavy atom. The molecule has 1 fully saturated rings. The topological polar surface area (TPSA) is 75.4 Å². The molecule has 5 heteroatoms. The number of para-hydroxylation sites is 2. The largest absolute Gasteiger partial charge is 0.388 e. The third kappa shape index (κ3) is 3.48. The number of hydrogen-bond donors (Lipinski definition) is 2. The monoisotopic (exact) mass is 278 g/mol. The van der Waals surface area contributed by atoms with Crippen LogP contribution < -0.4 is 5.32 Å². The Morgan fingerprint density at radius 2 is 1.85 bits per heavy atom. The normalized spacial score (nSPS) is 20.4. The van der Waals surface area contributed by atoms with Crippen molar-refractivity contribution in [2.24, 2.45) is 5.41 Å².